The molecular formula is C10H11F2N5. The topological polar surface area (TPSA) is 55.6 Å². The number of nitrogens with one attached hydrogen (secondary N) is 1. The predicted molar refractivity (Wildman–Crippen MR) is 56.5 cm³/mol. The summed E-state index contributed by atoms with van der Waals surface area (Å²) in [6.45, 7) is 3.18. The van der Waals surface area contributed by atoms with Crippen LogP contribution in [0, 0.1) is 11.6 Å². The summed E-state index contributed by atoms with van der Waals surface area (Å²) in [5, 5.41) is 14.1. The van der Waals surface area contributed by atoms with Gasteiger partial charge in [0.05, 0.1) is 12.2 Å². The van der Waals surface area contributed by atoms with Crippen molar-refractivity contribution in [3.63, 3.8) is 0 Å². The number of aromatic nitrogens is 4. The lowest BCUT2D eigenvalue weighted by atomic mass is 10.3. The summed E-state index contributed by atoms with van der Waals surface area (Å²) >= 11 is 0. The Hall–Kier alpha value is -1.89. The summed E-state index contributed by atoms with van der Waals surface area (Å²) in [6, 6.07) is 3.52. The minimum absolute atomic E-state index is 0.391. The van der Waals surface area contributed by atoms with Gasteiger partial charge in [-0.25, -0.2) is 8.78 Å². The number of rotatable bonds is 4. The van der Waals surface area contributed by atoms with Gasteiger partial charge in [-0.05, 0) is 29.1 Å². The summed E-state index contributed by atoms with van der Waals surface area (Å²) in [6.07, 6.45) is 0. The van der Waals surface area contributed by atoms with Gasteiger partial charge in [0.2, 0.25) is 0 Å². The van der Waals surface area contributed by atoms with Crippen molar-refractivity contribution in [2.24, 2.45) is 0 Å². The van der Waals surface area contributed by atoms with Crippen LogP contribution < -0.4 is 5.32 Å². The van der Waals surface area contributed by atoms with Crippen molar-refractivity contribution in [3.8, 4) is 5.69 Å². The van der Waals surface area contributed by atoms with Crippen LogP contribution in [0.2, 0.25) is 0 Å². The first-order chi connectivity index (χ1) is 8.22. The first-order valence-corrected chi connectivity index (χ1v) is 5.15. The molecule has 5 nitrogen and oxygen atoms in total. The van der Waals surface area contributed by atoms with E-state index in [1.54, 1.807) is 0 Å². The minimum Gasteiger partial charge on any atom is -0.310 e. The summed E-state index contributed by atoms with van der Waals surface area (Å²) < 4.78 is 27.2. The molecule has 2 aromatic rings. The van der Waals surface area contributed by atoms with Crippen LogP contribution in [0.25, 0.3) is 5.69 Å². The van der Waals surface area contributed by atoms with E-state index < -0.39 is 11.6 Å². The molecule has 0 aliphatic heterocycles. The van der Waals surface area contributed by atoms with Crippen molar-refractivity contribution >= 4 is 0 Å². The van der Waals surface area contributed by atoms with E-state index in [-0.39, 0.29) is 0 Å². The van der Waals surface area contributed by atoms with Crippen LogP contribution in [0.3, 0.4) is 0 Å². The molecule has 90 valence electrons. The second-order valence-electron chi connectivity index (χ2n) is 3.39. The van der Waals surface area contributed by atoms with Crippen LogP contribution in [-0.4, -0.2) is 26.8 Å². The van der Waals surface area contributed by atoms with Crippen LogP contribution in [0.15, 0.2) is 18.2 Å². The van der Waals surface area contributed by atoms with Crippen molar-refractivity contribution in [3.05, 3.63) is 35.7 Å². The Balaban J connectivity index is 2.32. The lowest BCUT2D eigenvalue weighted by molar-refractivity contribution is 0.507. The van der Waals surface area contributed by atoms with Gasteiger partial charge in [0.1, 0.15) is 0 Å². The molecule has 1 aromatic heterocycles. The van der Waals surface area contributed by atoms with E-state index in [9.17, 15) is 8.78 Å². The fraction of sp³-hybridized carbons (Fsp3) is 0.300. The second-order valence-corrected chi connectivity index (χ2v) is 3.39. The highest BCUT2D eigenvalue weighted by Crippen LogP contribution is 2.12. The summed E-state index contributed by atoms with van der Waals surface area (Å²) in [4.78, 5) is 0. The monoisotopic (exact) mass is 239 g/mol. The summed E-state index contributed by atoms with van der Waals surface area (Å²) in [5.74, 6) is -1.28. The van der Waals surface area contributed by atoms with Crippen molar-refractivity contribution in [2.75, 3.05) is 6.54 Å². The molecule has 2 rings (SSSR count). The van der Waals surface area contributed by atoms with E-state index in [1.807, 2.05) is 6.92 Å². The summed E-state index contributed by atoms with van der Waals surface area (Å²) in [7, 11) is 0. The van der Waals surface area contributed by atoms with Gasteiger partial charge in [0.15, 0.2) is 17.5 Å². The molecule has 0 radical (unpaired) electrons. The maximum Gasteiger partial charge on any atom is 0.170 e. The highest BCUT2D eigenvalue weighted by molar-refractivity contribution is 5.32. The number of benzene rings is 1. The number of nitrogens with zero attached hydrogens (tertiary/aromatic N) is 4. The van der Waals surface area contributed by atoms with Gasteiger partial charge in [-0.3, -0.25) is 0 Å². The van der Waals surface area contributed by atoms with Gasteiger partial charge in [-0.2, -0.15) is 4.68 Å². The zero-order chi connectivity index (χ0) is 12.3. The Morgan fingerprint density at radius 1 is 1.29 bits per heavy atom. The highest BCUT2D eigenvalue weighted by Gasteiger charge is 2.10. The maximum absolute atomic E-state index is 13.1. The molecule has 0 atom stereocenters. The molecule has 0 spiro atoms. The first kappa shape index (κ1) is 11.6. The Labute approximate surface area is 96.4 Å². The van der Waals surface area contributed by atoms with E-state index >= 15 is 0 Å². The van der Waals surface area contributed by atoms with Crippen molar-refractivity contribution < 1.29 is 8.78 Å². The Bertz CT molecular complexity index is 511. The fourth-order valence-electron chi connectivity index (χ4n) is 1.37. The third-order valence-corrected chi connectivity index (χ3v) is 2.21. The van der Waals surface area contributed by atoms with Gasteiger partial charge in [-0.15, -0.1) is 5.10 Å². The smallest absolute Gasteiger partial charge is 0.170 e. The molecule has 0 saturated carbocycles. The normalized spacial score (nSPS) is 10.8. The summed E-state index contributed by atoms with van der Waals surface area (Å²) in [5.41, 5.74) is 0.391. The van der Waals surface area contributed by atoms with Gasteiger partial charge < -0.3 is 5.32 Å². The molecule has 17 heavy (non-hydrogen) atoms. The van der Waals surface area contributed by atoms with Crippen molar-refractivity contribution in [1.82, 2.24) is 25.5 Å². The predicted octanol–water partition coefficient (Wildman–Crippen LogP) is 1.05. The lowest BCUT2D eigenvalue weighted by Crippen LogP contribution is -2.16. The largest absolute Gasteiger partial charge is 0.310 e. The average molecular weight is 239 g/mol. The third kappa shape index (κ3) is 2.44. The molecular weight excluding hydrogens is 228 g/mol. The first-order valence-electron chi connectivity index (χ1n) is 5.15. The SMILES string of the molecule is CCNCc1nnnn1-c1ccc(F)c(F)c1. The molecule has 7 heteroatoms. The highest BCUT2D eigenvalue weighted by atomic mass is 19.2. The Morgan fingerprint density at radius 2 is 2.12 bits per heavy atom. The second kappa shape index (κ2) is 4.96. The van der Waals surface area contributed by atoms with Gasteiger partial charge in [0.25, 0.3) is 0 Å². The molecule has 0 amide bonds. The molecule has 1 N–H and O–H groups in total. The number of hydrogen-bond acceptors (Lipinski definition) is 4. The molecule has 0 aliphatic carbocycles. The molecule has 0 unspecified atom stereocenters. The Kier molecular flexibility index (Phi) is 3.38. The zero-order valence-electron chi connectivity index (χ0n) is 9.19. The maximum atomic E-state index is 13.1. The van der Waals surface area contributed by atoms with Crippen LogP contribution in [0.4, 0.5) is 8.78 Å². The Morgan fingerprint density at radius 3 is 2.82 bits per heavy atom. The molecule has 0 aliphatic rings. The number of tetrazole rings is 1. The van der Waals surface area contributed by atoms with Gasteiger partial charge >= 0.3 is 0 Å². The van der Waals surface area contributed by atoms with E-state index in [0.717, 1.165) is 18.7 Å². The molecule has 0 bridgehead atoms. The average Bonchev–Trinajstić information content (AvgIpc) is 2.78. The standard InChI is InChI=1S/C10H11F2N5/c1-2-13-6-10-14-15-16-17(10)7-3-4-8(11)9(12)5-7/h3-5,13H,2,6H2,1H3. The van der Waals surface area contributed by atoms with E-state index in [1.165, 1.54) is 10.7 Å². The lowest BCUT2D eigenvalue weighted by Gasteiger charge is -2.05. The van der Waals surface area contributed by atoms with Gasteiger partial charge in [0, 0.05) is 6.07 Å². The van der Waals surface area contributed by atoms with E-state index in [2.05, 4.69) is 20.8 Å². The quantitative estimate of drug-likeness (QED) is 0.866. The molecule has 1 heterocycles. The van der Waals surface area contributed by atoms with Crippen molar-refractivity contribution in [2.45, 2.75) is 13.5 Å². The number of hydrogen-bond donors (Lipinski definition) is 1. The van der Waals surface area contributed by atoms with Crippen LogP contribution in [0.1, 0.15) is 12.7 Å². The van der Waals surface area contributed by atoms with Crippen LogP contribution in [-0.2, 0) is 6.54 Å². The molecule has 0 fully saturated rings. The number of halogens is 2. The van der Waals surface area contributed by atoms with E-state index in [4.69, 9.17) is 0 Å². The van der Waals surface area contributed by atoms with Crippen molar-refractivity contribution in [1.29, 1.82) is 0 Å². The zero-order valence-corrected chi connectivity index (χ0v) is 9.19. The molecule has 1 aromatic carbocycles. The van der Waals surface area contributed by atoms with Crippen LogP contribution in [0.5, 0.6) is 0 Å². The van der Waals surface area contributed by atoms with Gasteiger partial charge in [-0.1, -0.05) is 6.92 Å². The third-order valence-electron chi connectivity index (χ3n) is 2.21. The van der Waals surface area contributed by atoms with Crippen LogP contribution >= 0.6 is 0 Å². The minimum atomic E-state index is -0.924. The molecule has 0 saturated heterocycles. The van der Waals surface area contributed by atoms with E-state index in [0.29, 0.717) is 18.1 Å². The fourth-order valence-corrected chi connectivity index (χ4v) is 1.37.